The molecule has 2 aromatic rings. The lowest BCUT2D eigenvalue weighted by Crippen LogP contribution is -2.51. The Bertz CT molecular complexity index is 688. The van der Waals surface area contributed by atoms with E-state index in [1.165, 1.54) is 10.4 Å². The Morgan fingerprint density at radius 2 is 2.04 bits per heavy atom. The van der Waals surface area contributed by atoms with Gasteiger partial charge < -0.3 is 10.2 Å². The molecule has 0 saturated carbocycles. The summed E-state index contributed by atoms with van der Waals surface area (Å²) >= 11 is 1.67. The Morgan fingerprint density at radius 3 is 2.76 bits per heavy atom. The third kappa shape index (κ3) is 5.41. The lowest BCUT2D eigenvalue weighted by atomic mass is 10.1. The Kier molecular flexibility index (Phi) is 6.19. The first-order valence-corrected chi connectivity index (χ1v) is 9.42. The summed E-state index contributed by atoms with van der Waals surface area (Å²) in [6.07, 6.45) is 0.832. The smallest absolute Gasteiger partial charge is 0.237 e. The lowest BCUT2D eigenvalue weighted by molar-refractivity contribution is -0.134. The summed E-state index contributed by atoms with van der Waals surface area (Å²) in [5, 5.41) is 4.83. The SMILES string of the molecule is O=C1CN(CC(=O)N(CCc2ccccc2)Cc2cccs2)CCN1. The van der Waals surface area contributed by atoms with Crippen molar-refractivity contribution in [3.63, 3.8) is 0 Å². The Labute approximate surface area is 152 Å². The lowest BCUT2D eigenvalue weighted by Gasteiger charge is -2.29. The number of amides is 2. The van der Waals surface area contributed by atoms with Crippen LogP contribution in [0.3, 0.4) is 0 Å². The molecule has 2 amide bonds. The monoisotopic (exact) mass is 357 g/mol. The minimum Gasteiger partial charge on any atom is -0.354 e. The molecule has 1 aromatic carbocycles. The molecular formula is C19H23N3O2S. The van der Waals surface area contributed by atoms with Crippen LogP contribution in [0.15, 0.2) is 47.8 Å². The number of carbonyl (C=O) groups is 2. The van der Waals surface area contributed by atoms with Crippen molar-refractivity contribution in [2.45, 2.75) is 13.0 Å². The minimum atomic E-state index is -0.00635. The highest BCUT2D eigenvalue weighted by Gasteiger charge is 2.22. The van der Waals surface area contributed by atoms with E-state index in [0.717, 1.165) is 13.0 Å². The van der Waals surface area contributed by atoms with Crippen molar-refractivity contribution in [1.82, 2.24) is 15.1 Å². The van der Waals surface area contributed by atoms with Crippen LogP contribution in [-0.2, 0) is 22.6 Å². The average Bonchev–Trinajstić information content (AvgIpc) is 3.12. The molecule has 5 nitrogen and oxygen atoms in total. The number of nitrogens with zero attached hydrogens (tertiary/aromatic N) is 2. The number of benzene rings is 1. The third-order valence-corrected chi connectivity index (χ3v) is 5.13. The van der Waals surface area contributed by atoms with Crippen LogP contribution in [0.25, 0.3) is 0 Å². The van der Waals surface area contributed by atoms with Gasteiger partial charge in [0.1, 0.15) is 0 Å². The highest BCUT2D eigenvalue weighted by atomic mass is 32.1. The van der Waals surface area contributed by atoms with E-state index >= 15 is 0 Å². The summed E-state index contributed by atoms with van der Waals surface area (Å²) in [6.45, 7) is 3.25. The Balaban J connectivity index is 1.62. The van der Waals surface area contributed by atoms with Gasteiger partial charge in [0.05, 0.1) is 19.6 Å². The highest BCUT2D eigenvalue weighted by Crippen LogP contribution is 2.13. The van der Waals surface area contributed by atoms with E-state index in [1.54, 1.807) is 11.3 Å². The summed E-state index contributed by atoms with van der Waals surface area (Å²) in [7, 11) is 0. The van der Waals surface area contributed by atoms with Gasteiger partial charge >= 0.3 is 0 Å². The van der Waals surface area contributed by atoms with Crippen LogP contribution in [0.1, 0.15) is 10.4 Å². The molecule has 25 heavy (non-hydrogen) atoms. The minimum absolute atomic E-state index is 0.00635. The fourth-order valence-corrected chi connectivity index (χ4v) is 3.63. The van der Waals surface area contributed by atoms with Crippen LogP contribution >= 0.6 is 11.3 Å². The quantitative estimate of drug-likeness (QED) is 0.821. The van der Waals surface area contributed by atoms with Crippen molar-refractivity contribution < 1.29 is 9.59 Å². The van der Waals surface area contributed by atoms with Crippen LogP contribution in [0.4, 0.5) is 0 Å². The molecule has 1 fully saturated rings. The standard InChI is InChI=1S/C19H23N3O2S/c23-18-14-21(11-9-20-18)15-19(24)22(13-17-7-4-12-25-17)10-8-16-5-2-1-3-6-16/h1-7,12H,8-11,13-15H2,(H,20,23). The second-order valence-electron chi connectivity index (χ2n) is 6.19. The summed E-state index contributed by atoms with van der Waals surface area (Å²) in [6, 6.07) is 14.3. The van der Waals surface area contributed by atoms with Crippen LogP contribution < -0.4 is 5.32 Å². The normalized spacial score (nSPS) is 15.0. The molecule has 132 valence electrons. The van der Waals surface area contributed by atoms with Gasteiger partial charge in [-0.15, -0.1) is 11.3 Å². The van der Waals surface area contributed by atoms with Crippen molar-refractivity contribution in [3.05, 3.63) is 58.3 Å². The number of hydrogen-bond acceptors (Lipinski definition) is 4. The van der Waals surface area contributed by atoms with Gasteiger partial charge in [-0.2, -0.15) is 0 Å². The van der Waals surface area contributed by atoms with Crippen molar-refractivity contribution in [2.24, 2.45) is 0 Å². The first kappa shape index (κ1) is 17.6. The fourth-order valence-electron chi connectivity index (χ4n) is 2.91. The van der Waals surface area contributed by atoms with Gasteiger partial charge in [0.2, 0.25) is 11.8 Å². The number of thiophene rings is 1. The van der Waals surface area contributed by atoms with Crippen molar-refractivity contribution in [1.29, 1.82) is 0 Å². The second kappa shape index (κ2) is 8.78. The maximum atomic E-state index is 12.8. The third-order valence-electron chi connectivity index (χ3n) is 4.27. The Hall–Kier alpha value is -2.18. The molecule has 2 heterocycles. The van der Waals surface area contributed by atoms with Gasteiger partial charge in [-0.05, 0) is 23.4 Å². The van der Waals surface area contributed by atoms with Crippen LogP contribution in [0, 0.1) is 0 Å². The summed E-state index contributed by atoms with van der Waals surface area (Å²) < 4.78 is 0. The molecule has 0 aliphatic carbocycles. The Morgan fingerprint density at radius 1 is 1.20 bits per heavy atom. The maximum Gasteiger partial charge on any atom is 0.237 e. The molecule has 0 bridgehead atoms. The van der Waals surface area contributed by atoms with Crippen molar-refractivity contribution in [3.8, 4) is 0 Å². The zero-order valence-electron chi connectivity index (χ0n) is 14.2. The summed E-state index contributed by atoms with van der Waals surface area (Å²) in [5.41, 5.74) is 1.23. The molecule has 0 spiro atoms. The first-order chi connectivity index (χ1) is 12.2. The topological polar surface area (TPSA) is 52.7 Å². The highest BCUT2D eigenvalue weighted by molar-refractivity contribution is 7.09. The van der Waals surface area contributed by atoms with Crippen LogP contribution in [0.2, 0.25) is 0 Å². The molecule has 0 radical (unpaired) electrons. The van der Waals surface area contributed by atoms with Gasteiger partial charge in [0.15, 0.2) is 0 Å². The molecule has 3 rings (SSSR count). The van der Waals surface area contributed by atoms with Gasteiger partial charge in [-0.1, -0.05) is 36.4 Å². The fraction of sp³-hybridized carbons (Fsp3) is 0.368. The van der Waals surface area contributed by atoms with E-state index in [1.807, 2.05) is 39.4 Å². The van der Waals surface area contributed by atoms with Gasteiger partial charge in [-0.3, -0.25) is 14.5 Å². The molecule has 6 heteroatoms. The summed E-state index contributed by atoms with van der Waals surface area (Å²) in [5.74, 6) is 0.0761. The predicted molar refractivity (Wildman–Crippen MR) is 99.3 cm³/mol. The van der Waals surface area contributed by atoms with E-state index in [4.69, 9.17) is 0 Å². The predicted octanol–water partition coefficient (Wildman–Crippen LogP) is 1.75. The molecule has 1 aromatic heterocycles. The molecule has 1 N–H and O–H groups in total. The van der Waals surface area contributed by atoms with E-state index in [2.05, 4.69) is 23.5 Å². The average molecular weight is 357 g/mol. The van der Waals surface area contributed by atoms with E-state index in [0.29, 0.717) is 32.7 Å². The zero-order valence-corrected chi connectivity index (χ0v) is 15.0. The first-order valence-electron chi connectivity index (χ1n) is 8.54. The molecule has 1 saturated heterocycles. The van der Waals surface area contributed by atoms with Gasteiger partial charge in [0, 0.05) is 24.5 Å². The van der Waals surface area contributed by atoms with Gasteiger partial charge in [0.25, 0.3) is 0 Å². The number of hydrogen-bond donors (Lipinski definition) is 1. The van der Waals surface area contributed by atoms with E-state index < -0.39 is 0 Å². The zero-order chi connectivity index (χ0) is 17.5. The van der Waals surface area contributed by atoms with Crippen LogP contribution in [0.5, 0.6) is 0 Å². The molecule has 1 aliphatic rings. The number of piperazine rings is 1. The maximum absolute atomic E-state index is 12.8. The van der Waals surface area contributed by atoms with Crippen molar-refractivity contribution in [2.75, 3.05) is 32.7 Å². The number of nitrogens with one attached hydrogen (secondary N) is 1. The molecule has 0 atom stereocenters. The number of carbonyl (C=O) groups excluding carboxylic acids is 2. The largest absolute Gasteiger partial charge is 0.354 e. The molecular weight excluding hydrogens is 334 g/mol. The van der Waals surface area contributed by atoms with Crippen molar-refractivity contribution >= 4 is 23.2 Å². The van der Waals surface area contributed by atoms with E-state index in [-0.39, 0.29) is 11.8 Å². The number of rotatable bonds is 7. The van der Waals surface area contributed by atoms with Crippen LogP contribution in [-0.4, -0.2) is 54.3 Å². The molecule has 1 aliphatic heterocycles. The second-order valence-corrected chi connectivity index (χ2v) is 7.22. The van der Waals surface area contributed by atoms with E-state index in [9.17, 15) is 9.59 Å². The van der Waals surface area contributed by atoms with Gasteiger partial charge in [-0.25, -0.2) is 0 Å². The molecule has 0 unspecified atom stereocenters. The summed E-state index contributed by atoms with van der Waals surface area (Å²) in [4.78, 5) is 29.3.